The van der Waals surface area contributed by atoms with E-state index in [2.05, 4.69) is 25.9 Å². The summed E-state index contributed by atoms with van der Waals surface area (Å²) in [6.07, 6.45) is 1.82. The van der Waals surface area contributed by atoms with Crippen molar-refractivity contribution in [2.24, 2.45) is 0 Å². The number of amides is 2. The van der Waals surface area contributed by atoms with Crippen LogP contribution in [-0.2, 0) is 14.6 Å². The van der Waals surface area contributed by atoms with Crippen LogP contribution in [0.5, 0.6) is 0 Å². The largest absolute Gasteiger partial charge is 0.352 e. The van der Waals surface area contributed by atoms with Crippen LogP contribution in [0, 0.1) is 0 Å². The number of benzene rings is 2. The lowest BCUT2D eigenvalue weighted by Crippen LogP contribution is -2.26. The van der Waals surface area contributed by atoms with Gasteiger partial charge in [-0.05, 0) is 50.6 Å². The highest BCUT2D eigenvalue weighted by Gasteiger charge is 2.23. The zero-order valence-corrected chi connectivity index (χ0v) is 21.7. The van der Waals surface area contributed by atoms with Gasteiger partial charge in [0.25, 0.3) is 5.91 Å². The van der Waals surface area contributed by atoms with Gasteiger partial charge in [-0.3, -0.25) is 14.8 Å². The molecule has 0 saturated heterocycles. The van der Waals surface area contributed by atoms with Crippen molar-refractivity contribution in [2.45, 2.75) is 36.8 Å². The fourth-order valence-corrected chi connectivity index (χ4v) is 4.53. The molecule has 0 fully saturated rings. The zero-order valence-electron chi connectivity index (χ0n) is 20.2. The summed E-state index contributed by atoms with van der Waals surface area (Å²) in [5.41, 5.74) is 2.77. The summed E-state index contributed by atoms with van der Waals surface area (Å²) in [6, 6.07) is 13.1. The molecule has 1 aromatic heterocycles. The Morgan fingerprint density at radius 2 is 1.84 bits per heavy atom. The number of nitrogens with one attached hydrogen (secondary N) is 4. The van der Waals surface area contributed by atoms with Gasteiger partial charge in [0.15, 0.2) is 15.7 Å². The minimum absolute atomic E-state index is 0.0799. The molecule has 0 aliphatic heterocycles. The maximum Gasteiger partial charge on any atom is 0.251 e. The molecule has 3 aromatic rings. The number of halogens is 1. The lowest BCUT2D eigenvalue weighted by atomic mass is 10.2. The summed E-state index contributed by atoms with van der Waals surface area (Å²) < 4.78 is 25.5. The van der Waals surface area contributed by atoms with Gasteiger partial charge < -0.3 is 16.0 Å². The Labute approximate surface area is 219 Å². The van der Waals surface area contributed by atoms with Crippen LogP contribution in [0.2, 0.25) is 5.02 Å². The van der Waals surface area contributed by atoms with E-state index in [1.807, 2.05) is 0 Å². The van der Waals surface area contributed by atoms with Gasteiger partial charge in [0, 0.05) is 24.2 Å². The van der Waals surface area contributed by atoms with E-state index in [1.54, 1.807) is 56.3 Å². The first-order valence-corrected chi connectivity index (χ1v) is 13.2. The minimum Gasteiger partial charge on any atom is -0.352 e. The molecule has 0 unspecified atom stereocenters. The van der Waals surface area contributed by atoms with E-state index in [1.165, 1.54) is 17.7 Å². The first kappa shape index (κ1) is 27.8. The first-order valence-electron chi connectivity index (χ1n) is 11.3. The number of carbonyl (C=O) groups is 2. The van der Waals surface area contributed by atoms with Crippen molar-refractivity contribution in [3.8, 4) is 0 Å². The first-order chi connectivity index (χ1) is 17.6. The highest BCUT2D eigenvalue weighted by atomic mass is 35.5. The van der Waals surface area contributed by atoms with Crippen molar-refractivity contribution in [2.75, 3.05) is 17.2 Å². The van der Waals surface area contributed by atoms with Crippen molar-refractivity contribution in [1.29, 1.82) is 0 Å². The number of nitrogens with zero attached hydrogens (tertiary/aromatic N) is 2. The Balaban J connectivity index is 1.74. The molecule has 37 heavy (non-hydrogen) atoms. The van der Waals surface area contributed by atoms with Crippen LogP contribution in [0.4, 0.5) is 23.1 Å². The van der Waals surface area contributed by atoms with Crippen LogP contribution in [0.3, 0.4) is 0 Å². The fraction of sp³-hybridized carbons (Fsp3) is 0.250. The Bertz CT molecular complexity index is 1380. The summed E-state index contributed by atoms with van der Waals surface area (Å²) in [4.78, 5) is 32.1. The third kappa shape index (κ3) is 7.38. The second-order valence-corrected chi connectivity index (χ2v) is 11.1. The summed E-state index contributed by atoms with van der Waals surface area (Å²) >= 11 is 6.28. The molecule has 1 heterocycles. The third-order valence-electron chi connectivity index (χ3n) is 5.18. The van der Waals surface area contributed by atoms with Gasteiger partial charge in [0.05, 0.1) is 22.0 Å². The number of hydroxylamine groups is 1. The van der Waals surface area contributed by atoms with E-state index < -0.39 is 21.0 Å². The van der Waals surface area contributed by atoms with Crippen molar-refractivity contribution in [1.82, 2.24) is 20.8 Å². The predicted octanol–water partition coefficient (Wildman–Crippen LogP) is 3.81. The molecule has 0 aliphatic rings. The monoisotopic (exact) mass is 546 g/mol. The lowest BCUT2D eigenvalue weighted by molar-refractivity contribution is -0.129. The van der Waals surface area contributed by atoms with Gasteiger partial charge in [0.2, 0.25) is 11.9 Å². The number of aromatic nitrogens is 2. The van der Waals surface area contributed by atoms with Crippen LogP contribution >= 0.6 is 11.6 Å². The predicted molar refractivity (Wildman–Crippen MR) is 140 cm³/mol. The molecule has 0 spiro atoms. The number of anilines is 4. The van der Waals surface area contributed by atoms with E-state index in [0.717, 1.165) is 0 Å². The minimum atomic E-state index is -3.56. The van der Waals surface area contributed by atoms with Crippen LogP contribution in [0.25, 0.3) is 0 Å². The van der Waals surface area contributed by atoms with E-state index in [0.29, 0.717) is 23.4 Å². The van der Waals surface area contributed by atoms with Crippen molar-refractivity contribution in [3.63, 3.8) is 0 Å². The molecular weight excluding hydrogens is 520 g/mol. The molecule has 0 atom stereocenters. The van der Waals surface area contributed by atoms with Crippen molar-refractivity contribution in [3.05, 3.63) is 65.3 Å². The van der Waals surface area contributed by atoms with Crippen LogP contribution in [0.1, 0.15) is 37.0 Å². The van der Waals surface area contributed by atoms with E-state index in [9.17, 15) is 18.0 Å². The SMILES string of the molecule is CC(C)S(=O)(=O)c1ccccc1Nc1nc(Nc2cccc(C(=O)NCCCC(=O)NO)c2)ncc1Cl. The fourth-order valence-electron chi connectivity index (χ4n) is 3.19. The molecule has 0 radical (unpaired) electrons. The highest BCUT2D eigenvalue weighted by molar-refractivity contribution is 7.92. The highest BCUT2D eigenvalue weighted by Crippen LogP contribution is 2.30. The number of carbonyl (C=O) groups excluding carboxylic acids is 2. The number of rotatable bonds is 11. The second-order valence-electron chi connectivity index (χ2n) is 8.21. The van der Waals surface area contributed by atoms with Gasteiger partial charge >= 0.3 is 0 Å². The summed E-state index contributed by atoms with van der Waals surface area (Å²) in [5.74, 6) is -0.493. The average Bonchev–Trinajstić information content (AvgIpc) is 2.88. The molecule has 13 heteroatoms. The molecule has 0 aliphatic carbocycles. The summed E-state index contributed by atoms with van der Waals surface area (Å²) in [6.45, 7) is 3.47. The maximum absolute atomic E-state index is 12.8. The van der Waals surface area contributed by atoms with Crippen LogP contribution < -0.4 is 21.4 Å². The van der Waals surface area contributed by atoms with Crippen LogP contribution in [-0.4, -0.2) is 47.2 Å². The van der Waals surface area contributed by atoms with Gasteiger partial charge in [0.1, 0.15) is 5.02 Å². The van der Waals surface area contributed by atoms with Crippen molar-refractivity contribution >= 4 is 56.4 Å². The van der Waals surface area contributed by atoms with Gasteiger partial charge in [-0.1, -0.05) is 29.8 Å². The van der Waals surface area contributed by atoms with E-state index in [4.69, 9.17) is 16.8 Å². The van der Waals surface area contributed by atoms with E-state index in [-0.39, 0.29) is 40.6 Å². The Morgan fingerprint density at radius 3 is 2.57 bits per heavy atom. The number of hydrogen-bond acceptors (Lipinski definition) is 9. The normalized spacial score (nSPS) is 11.2. The second kappa shape index (κ2) is 12.5. The van der Waals surface area contributed by atoms with Crippen LogP contribution in [0.15, 0.2) is 59.6 Å². The van der Waals surface area contributed by atoms with Crippen molar-refractivity contribution < 1.29 is 23.2 Å². The van der Waals surface area contributed by atoms with E-state index >= 15 is 0 Å². The quantitative estimate of drug-likeness (QED) is 0.137. The molecule has 11 nitrogen and oxygen atoms in total. The standard InChI is InChI=1S/C24H27ClN6O5S/c1-15(2)37(35,36)20-10-4-3-9-19(20)29-22-18(25)14-27-24(30-22)28-17-8-5-7-16(13-17)23(33)26-12-6-11-21(32)31-34/h3-5,7-10,13-15,34H,6,11-12H2,1-2H3,(H,26,33)(H,31,32)(H2,27,28,29,30). The van der Waals surface area contributed by atoms with Gasteiger partial charge in [-0.25, -0.2) is 18.9 Å². The Morgan fingerprint density at radius 1 is 1.08 bits per heavy atom. The smallest absolute Gasteiger partial charge is 0.251 e. The molecular formula is C24H27ClN6O5S. The molecule has 2 amide bonds. The Hall–Kier alpha value is -3.74. The zero-order chi connectivity index (χ0) is 27.0. The maximum atomic E-state index is 12.8. The van der Waals surface area contributed by atoms with Gasteiger partial charge in [-0.2, -0.15) is 4.98 Å². The molecule has 5 N–H and O–H groups in total. The summed E-state index contributed by atoms with van der Waals surface area (Å²) in [7, 11) is -3.56. The molecule has 0 bridgehead atoms. The molecule has 3 rings (SSSR count). The number of para-hydroxylation sites is 1. The molecule has 0 saturated carbocycles. The molecule has 2 aromatic carbocycles. The third-order valence-corrected chi connectivity index (χ3v) is 7.67. The number of hydrogen-bond donors (Lipinski definition) is 5. The lowest BCUT2D eigenvalue weighted by Gasteiger charge is -2.15. The van der Waals surface area contributed by atoms with Gasteiger partial charge in [-0.15, -0.1) is 0 Å². The summed E-state index contributed by atoms with van der Waals surface area (Å²) in [5, 5.41) is 16.8. The molecule has 196 valence electrons. The average molecular weight is 547 g/mol. The Kier molecular flexibility index (Phi) is 9.39. The number of sulfone groups is 1. The topological polar surface area (TPSA) is 162 Å².